The van der Waals surface area contributed by atoms with E-state index in [0.717, 1.165) is 41.9 Å². The zero-order valence-corrected chi connectivity index (χ0v) is 24.9. The lowest BCUT2D eigenvalue weighted by molar-refractivity contribution is -0.162. The molecule has 2 aliphatic heterocycles. The zero-order chi connectivity index (χ0) is 30.3. The molecule has 0 atom stereocenters. The first-order valence-corrected chi connectivity index (χ1v) is 15.1. The summed E-state index contributed by atoms with van der Waals surface area (Å²) in [5, 5.41) is 21.2. The maximum atomic E-state index is 15.8. The lowest BCUT2D eigenvalue weighted by Crippen LogP contribution is -2.74. The van der Waals surface area contributed by atoms with Crippen molar-refractivity contribution < 1.29 is 18.7 Å². The van der Waals surface area contributed by atoms with Crippen LogP contribution in [0.2, 0.25) is 0 Å². The second-order valence-electron chi connectivity index (χ2n) is 12.5. The van der Waals surface area contributed by atoms with E-state index < -0.39 is 11.4 Å². The molecule has 1 aliphatic carbocycles. The Kier molecular flexibility index (Phi) is 6.24. The first-order chi connectivity index (χ1) is 20.5. The molecule has 2 aromatic heterocycles. The minimum absolute atomic E-state index is 0.0481. The van der Waals surface area contributed by atoms with Gasteiger partial charge in [-0.15, -0.1) is 0 Å². The third-order valence-electron chi connectivity index (χ3n) is 8.76. The van der Waals surface area contributed by atoms with Gasteiger partial charge < -0.3 is 19.8 Å². The average molecular weight is 601 g/mol. The predicted octanol–water partition coefficient (Wildman–Crippen LogP) is 5.18. The van der Waals surface area contributed by atoms with Gasteiger partial charge in [0.25, 0.3) is 5.91 Å². The number of carbonyl (C=O) groups is 1. The second-order valence-corrected chi connectivity index (χ2v) is 13.5. The SMILES string of the molecule is CN(c1nc(-c2ccc(F)cc2)c(C#N)s1)c1c2c(nc3c(F)cc(N4CC5(CN(C(=O)C(C)(C)O)C5)C4)cc13)CCC2. The molecule has 0 unspecified atom stereocenters. The van der Waals surface area contributed by atoms with Crippen molar-refractivity contribution in [2.75, 3.05) is 43.0 Å². The number of aromatic nitrogens is 2. The van der Waals surface area contributed by atoms with Gasteiger partial charge in [-0.3, -0.25) is 4.79 Å². The van der Waals surface area contributed by atoms with Crippen LogP contribution in [0.5, 0.6) is 0 Å². The van der Waals surface area contributed by atoms with Crippen LogP contribution in [0.15, 0.2) is 36.4 Å². The molecule has 4 aromatic rings. The maximum absolute atomic E-state index is 15.8. The van der Waals surface area contributed by atoms with Crippen LogP contribution in [-0.2, 0) is 17.6 Å². The normalized spacial score (nSPS) is 17.0. The number of amides is 1. The Hall–Kier alpha value is -4.14. The first kappa shape index (κ1) is 27.7. The monoisotopic (exact) mass is 600 g/mol. The van der Waals surface area contributed by atoms with Crippen molar-refractivity contribution in [3.63, 3.8) is 0 Å². The summed E-state index contributed by atoms with van der Waals surface area (Å²) in [5.74, 6) is -1.03. The molecule has 1 N–H and O–H groups in total. The van der Waals surface area contributed by atoms with Crippen molar-refractivity contribution in [3.05, 3.63) is 64.2 Å². The largest absolute Gasteiger partial charge is 0.381 e. The van der Waals surface area contributed by atoms with Gasteiger partial charge in [0.15, 0.2) is 10.9 Å². The summed E-state index contributed by atoms with van der Waals surface area (Å²) in [4.78, 5) is 28.1. The number of hydrogen-bond donors (Lipinski definition) is 1. The average Bonchev–Trinajstić information content (AvgIpc) is 3.57. The molecule has 1 spiro atoms. The van der Waals surface area contributed by atoms with Crippen molar-refractivity contribution in [3.8, 4) is 17.3 Å². The van der Waals surface area contributed by atoms with Crippen LogP contribution >= 0.6 is 11.3 Å². The van der Waals surface area contributed by atoms with Gasteiger partial charge in [0, 0.05) is 61.0 Å². The number of hydrogen-bond acceptors (Lipinski definition) is 8. The molecule has 0 bridgehead atoms. The highest BCUT2D eigenvalue weighted by atomic mass is 32.1. The molecule has 8 nitrogen and oxygen atoms in total. The summed E-state index contributed by atoms with van der Waals surface area (Å²) in [6.07, 6.45) is 2.50. The van der Waals surface area contributed by atoms with Crippen LogP contribution in [0, 0.1) is 28.4 Å². The summed E-state index contributed by atoms with van der Waals surface area (Å²) >= 11 is 1.25. The number of benzene rings is 2. The minimum Gasteiger partial charge on any atom is -0.381 e. The Morgan fingerprint density at radius 2 is 1.84 bits per heavy atom. The van der Waals surface area contributed by atoms with Crippen molar-refractivity contribution in [1.29, 1.82) is 5.26 Å². The highest BCUT2D eigenvalue weighted by Gasteiger charge is 2.54. The quantitative estimate of drug-likeness (QED) is 0.337. The molecule has 1 amide bonds. The number of nitriles is 1. The van der Waals surface area contributed by atoms with Gasteiger partial charge in [0.2, 0.25) is 0 Å². The molecule has 2 aromatic carbocycles. The molecular weight excluding hydrogens is 570 g/mol. The summed E-state index contributed by atoms with van der Waals surface area (Å²) in [6, 6.07) is 11.7. The van der Waals surface area contributed by atoms with Gasteiger partial charge >= 0.3 is 0 Å². The molecule has 2 saturated heterocycles. The smallest absolute Gasteiger partial charge is 0.253 e. The topological polar surface area (TPSA) is 96.6 Å². The fourth-order valence-corrected chi connectivity index (χ4v) is 7.57. The van der Waals surface area contributed by atoms with E-state index in [1.165, 1.54) is 43.4 Å². The number of carbonyl (C=O) groups excluding carboxylic acids is 1. The maximum Gasteiger partial charge on any atom is 0.253 e. The third-order valence-corrected chi connectivity index (χ3v) is 9.80. The van der Waals surface area contributed by atoms with Crippen molar-refractivity contribution in [1.82, 2.24) is 14.9 Å². The number of anilines is 3. The Morgan fingerprint density at radius 1 is 1.12 bits per heavy atom. The van der Waals surface area contributed by atoms with E-state index in [4.69, 9.17) is 9.97 Å². The molecule has 220 valence electrons. The summed E-state index contributed by atoms with van der Waals surface area (Å²) in [7, 11) is 1.88. The van der Waals surface area contributed by atoms with E-state index in [1.807, 2.05) is 18.0 Å². The van der Waals surface area contributed by atoms with Crippen molar-refractivity contribution >= 4 is 44.7 Å². The number of thiazole rings is 1. The van der Waals surface area contributed by atoms with Gasteiger partial charge in [0.1, 0.15) is 33.6 Å². The number of nitrogens with zero attached hydrogens (tertiary/aromatic N) is 6. The number of aliphatic hydroxyl groups is 1. The number of halogens is 2. The summed E-state index contributed by atoms with van der Waals surface area (Å²) in [6.45, 7) is 5.54. The van der Waals surface area contributed by atoms with Gasteiger partial charge in [-0.05, 0) is 75.1 Å². The van der Waals surface area contributed by atoms with E-state index in [-0.39, 0.29) is 17.1 Å². The minimum atomic E-state index is -1.40. The van der Waals surface area contributed by atoms with Crippen molar-refractivity contribution in [2.24, 2.45) is 5.41 Å². The van der Waals surface area contributed by atoms with Gasteiger partial charge in [-0.25, -0.2) is 18.7 Å². The van der Waals surface area contributed by atoms with Crippen LogP contribution in [0.1, 0.15) is 36.4 Å². The number of pyridine rings is 1. The summed E-state index contributed by atoms with van der Waals surface area (Å²) < 4.78 is 29.3. The number of rotatable bonds is 5. The number of aryl methyl sites for hydroxylation is 1. The Morgan fingerprint density at radius 3 is 2.51 bits per heavy atom. The Labute approximate surface area is 251 Å². The number of fused-ring (bicyclic) bond motifs is 2. The van der Waals surface area contributed by atoms with E-state index in [2.05, 4.69) is 11.0 Å². The van der Waals surface area contributed by atoms with Crippen LogP contribution < -0.4 is 9.80 Å². The molecule has 4 heterocycles. The van der Waals surface area contributed by atoms with Gasteiger partial charge in [0.05, 0.1) is 5.69 Å². The molecule has 7 rings (SSSR count). The second kappa shape index (κ2) is 9.69. The standard InChI is InChI=1S/C32H30F2N6O2S/c1-31(2,42)29(41)40-16-32(17-40)14-39(15-32)20-11-22-27(23(34)12-20)36-24-6-4-5-21(24)28(22)38(3)30-37-26(25(13-35)43-30)18-7-9-19(33)10-8-18/h7-12,42H,4-6,14-17H2,1-3H3. The highest BCUT2D eigenvalue weighted by Crippen LogP contribution is 2.46. The lowest BCUT2D eigenvalue weighted by Gasteiger charge is -2.61. The third kappa shape index (κ3) is 4.51. The van der Waals surface area contributed by atoms with E-state index in [1.54, 1.807) is 17.0 Å². The van der Waals surface area contributed by atoms with Crippen LogP contribution in [0.3, 0.4) is 0 Å². The molecular formula is C32H30F2N6O2S. The van der Waals surface area contributed by atoms with E-state index in [0.29, 0.717) is 58.3 Å². The van der Waals surface area contributed by atoms with Crippen LogP contribution in [0.25, 0.3) is 22.2 Å². The molecule has 0 saturated carbocycles. The molecule has 2 fully saturated rings. The van der Waals surface area contributed by atoms with Crippen LogP contribution in [0.4, 0.5) is 25.3 Å². The fraction of sp³-hybridized carbons (Fsp3) is 0.375. The van der Waals surface area contributed by atoms with E-state index >= 15 is 4.39 Å². The molecule has 0 radical (unpaired) electrons. The fourth-order valence-electron chi connectivity index (χ4n) is 6.72. The highest BCUT2D eigenvalue weighted by molar-refractivity contribution is 7.16. The molecule has 43 heavy (non-hydrogen) atoms. The van der Waals surface area contributed by atoms with E-state index in [9.17, 15) is 19.6 Å². The van der Waals surface area contributed by atoms with Crippen LogP contribution in [-0.4, -0.2) is 64.7 Å². The molecule has 11 heteroatoms. The zero-order valence-electron chi connectivity index (χ0n) is 24.1. The molecule has 3 aliphatic rings. The Bertz CT molecular complexity index is 1830. The lowest BCUT2D eigenvalue weighted by atomic mass is 9.72. The number of likely N-dealkylation sites (tertiary alicyclic amines) is 1. The summed E-state index contributed by atoms with van der Waals surface area (Å²) in [5.41, 5.74) is 3.53. The predicted molar refractivity (Wildman–Crippen MR) is 162 cm³/mol. The van der Waals surface area contributed by atoms with Crippen molar-refractivity contribution in [2.45, 2.75) is 38.7 Å². The Balaban J connectivity index is 1.24. The first-order valence-electron chi connectivity index (χ1n) is 14.3. The van der Waals surface area contributed by atoms with Gasteiger partial charge in [-0.2, -0.15) is 5.26 Å². The van der Waals surface area contributed by atoms with Gasteiger partial charge in [-0.1, -0.05) is 11.3 Å².